The van der Waals surface area contributed by atoms with E-state index in [1.54, 1.807) is 42.5 Å². The zero-order valence-electron chi connectivity index (χ0n) is 44.8. The van der Waals surface area contributed by atoms with Crippen molar-refractivity contribution in [1.29, 1.82) is 0 Å². The summed E-state index contributed by atoms with van der Waals surface area (Å²) < 4.78 is 68.8. The SMILES string of the molecule is CCCCCCCCc1cc(O)[c-]cc1O.CSc1nnc(Sc2cc(S(=O)(=O)[O-])cc(O)c2O)s1.O=C=O.O=S(=O)([O-])c1cc(O)c(O)c(Sc2nnnn2-c2ccccc2)c1.Oc1ccc(Cc2ccc(O)c(O)c2)cc1O.[Na+].[Na+].[Na+]. The van der Waals surface area contributed by atoms with E-state index in [0.29, 0.717) is 32.9 Å². The summed E-state index contributed by atoms with van der Waals surface area (Å²) in [6.07, 6.45) is 10.8. The maximum atomic E-state index is 11.1. The Morgan fingerprint density at radius 2 is 1.08 bits per heavy atom. The second-order valence-corrected chi connectivity index (χ2v) is 23.2. The number of para-hydroxylation sites is 1. The fourth-order valence-electron chi connectivity index (χ4n) is 6.47. The molecule has 0 radical (unpaired) electrons. The smallest absolute Gasteiger partial charge is 0.744 e. The molecule has 83 heavy (non-hydrogen) atoms. The molecule has 0 aliphatic heterocycles. The van der Waals surface area contributed by atoms with E-state index in [-0.39, 0.29) is 144 Å². The standard InChI is InChI=1S/C14H21O2.C13H10N4O5S2.C13H12O4.C9H8N2O5S4.CO2.3Na/c1-2-3-4-5-6-7-8-12-11-13(15)9-10-14(12)16;18-10-6-9(24(20,21)22)7-11(12(10)19)23-13-14-15-16-17(13)8-4-2-1-3-5-8;14-10-3-1-8(6-12(10)16)5-9-2-4-11(15)13(17)7-9;1-17-8-10-11-9(19-8)18-6-3-4(20(14,15)16)2-5(12)7(6)13;2-1-3;;;/h10-11,15-16H,2-8H2,1H3;1-7,18-19H,(H,20,21,22);1-4,6-7,14-17H,5H2;2-3,12-13H,1H3,(H,14,15,16);;;;/q-1;;;;;3*+1/p-2. The van der Waals surface area contributed by atoms with Gasteiger partial charge in [-0.1, -0.05) is 111 Å². The molecule has 0 saturated carbocycles. The molecule has 0 atom stereocenters. The maximum Gasteiger partial charge on any atom is 1.00 e. The topological polar surface area (TPSA) is 420 Å². The number of nitrogens with zero attached hydrogens (tertiary/aromatic N) is 6. The Kier molecular flexibility index (Phi) is 34.5. The van der Waals surface area contributed by atoms with Crippen LogP contribution in [0.15, 0.2) is 137 Å². The number of carbonyl (C=O) groups excluding carboxylic acids is 2. The van der Waals surface area contributed by atoms with Crippen LogP contribution in [-0.2, 0) is 42.7 Å². The van der Waals surface area contributed by atoms with Gasteiger partial charge in [0.25, 0.3) is 0 Å². The average molecular weight is 1280 g/mol. The third-order valence-electron chi connectivity index (χ3n) is 10.3. The second kappa shape index (κ2) is 37.6. The molecular formula is C50H49N6Na3O18S6. The van der Waals surface area contributed by atoms with Crippen LogP contribution in [-0.4, -0.2) is 120 Å². The van der Waals surface area contributed by atoms with Gasteiger partial charge in [-0.05, 0) is 101 Å². The summed E-state index contributed by atoms with van der Waals surface area (Å²) in [6.45, 7) is 2.21. The van der Waals surface area contributed by atoms with Gasteiger partial charge in [0.1, 0.15) is 20.2 Å². The summed E-state index contributed by atoms with van der Waals surface area (Å²) in [5.41, 5.74) is 3.06. The van der Waals surface area contributed by atoms with Crippen LogP contribution in [0.5, 0.6) is 57.5 Å². The number of tetrazole rings is 1. The number of hydrogen-bond donors (Lipinski definition) is 10. The van der Waals surface area contributed by atoms with E-state index in [1.807, 2.05) is 12.3 Å². The molecule has 0 aliphatic rings. The predicted octanol–water partition coefficient (Wildman–Crippen LogP) is -0.815. The predicted molar refractivity (Wildman–Crippen MR) is 288 cm³/mol. The van der Waals surface area contributed by atoms with Crippen LogP contribution in [0.1, 0.15) is 62.1 Å². The molecule has 6 aromatic carbocycles. The number of aromatic hydroxyl groups is 10. The second-order valence-electron chi connectivity index (χ2n) is 16.1. The number of aromatic nitrogens is 6. The van der Waals surface area contributed by atoms with Crippen LogP contribution in [0, 0.1) is 6.07 Å². The van der Waals surface area contributed by atoms with Crippen molar-refractivity contribution >= 4 is 73.0 Å². The molecule has 426 valence electrons. The van der Waals surface area contributed by atoms with E-state index in [4.69, 9.17) is 19.8 Å². The number of rotatable bonds is 17. The summed E-state index contributed by atoms with van der Waals surface area (Å²) in [7, 11) is -9.53. The number of phenolic OH excluding ortho intramolecular Hbond substituents is 10. The van der Waals surface area contributed by atoms with Gasteiger partial charge in [0.05, 0.1) is 25.3 Å². The Labute approximate surface area is 559 Å². The van der Waals surface area contributed by atoms with E-state index in [1.165, 1.54) is 90.2 Å². The molecule has 24 nitrogen and oxygen atoms in total. The fourth-order valence-corrected chi connectivity index (χ4v) is 11.0. The van der Waals surface area contributed by atoms with Gasteiger partial charge in [-0.15, -0.1) is 39.1 Å². The van der Waals surface area contributed by atoms with Gasteiger partial charge in [-0.3, -0.25) is 0 Å². The number of phenols is 10. The van der Waals surface area contributed by atoms with Crippen molar-refractivity contribution in [3.05, 3.63) is 126 Å². The van der Waals surface area contributed by atoms with Crippen molar-refractivity contribution in [3.63, 3.8) is 0 Å². The Hall–Kier alpha value is -4.80. The van der Waals surface area contributed by atoms with E-state index in [2.05, 4.69) is 38.7 Å². The molecule has 0 amide bonds. The van der Waals surface area contributed by atoms with Crippen molar-refractivity contribution < 1.29 is 175 Å². The minimum absolute atomic E-state index is 0. The number of benzene rings is 6. The first-order valence-corrected chi connectivity index (χ1v) is 29.4. The largest absolute Gasteiger partial charge is 1.00 e. The van der Waals surface area contributed by atoms with E-state index in [0.717, 1.165) is 65.2 Å². The van der Waals surface area contributed by atoms with Gasteiger partial charge in [-0.25, -0.2) is 16.8 Å². The summed E-state index contributed by atoms with van der Waals surface area (Å²) in [6, 6.07) is 26.9. The van der Waals surface area contributed by atoms with E-state index < -0.39 is 53.0 Å². The molecule has 0 saturated heterocycles. The van der Waals surface area contributed by atoms with Gasteiger partial charge >= 0.3 is 94.8 Å². The van der Waals surface area contributed by atoms with Crippen molar-refractivity contribution in [2.45, 2.75) is 91.7 Å². The Bertz CT molecular complexity index is 3550. The minimum atomic E-state index is -4.80. The third-order valence-corrected chi connectivity index (χ3v) is 15.9. The minimum Gasteiger partial charge on any atom is -0.744 e. The molecule has 0 bridgehead atoms. The fraction of sp³-hybridized carbons (Fsp3) is 0.200. The van der Waals surface area contributed by atoms with Crippen molar-refractivity contribution in [3.8, 4) is 63.2 Å². The molecule has 8 aromatic rings. The van der Waals surface area contributed by atoms with Gasteiger partial charge in [-0.2, -0.15) is 14.3 Å². The zero-order chi connectivity index (χ0) is 59.2. The zero-order valence-corrected chi connectivity index (χ0v) is 55.7. The number of unbranched alkanes of at least 4 members (excludes halogenated alkanes) is 5. The van der Waals surface area contributed by atoms with Gasteiger partial charge in [0, 0.05) is 23.6 Å². The average Bonchev–Trinajstić information content (AvgIpc) is 4.12. The molecule has 10 N–H and O–H groups in total. The van der Waals surface area contributed by atoms with Crippen LogP contribution in [0.4, 0.5) is 0 Å². The Balaban J connectivity index is 0.000000544. The summed E-state index contributed by atoms with van der Waals surface area (Å²) in [5, 5.41) is 114. The number of hydrogen-bond acceptors (Lipinski definition) is 27. The molecule has 2 heterocycles. The molecule has 0 fully saturated rings. The Morgan fingerprint density at radius 1 is 0.590 bits per heavy atom. The molecular weight excluding hydrogens is 1230 g/mol. The summed E-state index contributed by atoms with van der Waals surface area (Å²) in [5.74, 6) is -2.82. The van der Waals surface area contributed by atoms with Crippen LogP contribution in [0.3, 0.4) is 0 Å². The molecule has 33 heteroatoms. The first kappa shape index (κ1) is 76.2. The van der Waals surface area contributed by atoms with Crippen molar-refractivity contribution in [2.24, 2.45) is 0 Å². The van der Waals surface area contributed by atoms with E-state index in [9.17, 15) is 66.8 Å². The van der Waals surface area contributed by atoms with Gasteiger partial charge < -0.3 is 60.2 Å². The Morgan fingerprint density at radius 3 is 1.57 bits per heavy atom. The van der Waals surface area contributed by atoms with Crippen LogP contribution < -0.4 is 88.7 Å². The maximum absolute atomic E-state index is 11.1. The summed E-state index contributed by atoms with van der Waals surface area (Å²) >= 11 is 4.34. The molecule has 2 aromatic heterocycles. The normalized spacial score (nSPS) is 10.4. The van der Waals surface area contributed by atoms with Crippen LogP contribution in [0.25, 0.3) is 5.69 Å². The first-order chi connectivity index (χ1) is 37.9. The number of thioether (sulfide) groups is 1. The third kappa shape index (κ3) is 25.4. The monoisotopic (exact) mass is 1280 g/mol. The van der Waals surface area contributed by atoms with Crippen LogP contribution >= 0.6 is 46.6 Å². The summed E-state index contributed by atoms with van der Waals surface area (Å²) in [4.78, 5) is 14.9. The number of aryl methyl sites for hydroxylation is 1. The first-order valence-electron chi connectivity index (χ1n) is 22.9. The molecule has 0 aliphatic carbocycles. The van der Waals surface area contributed by atoms with Crippen molar-refractivity contribution in [2.75, 3.05) is 6.26 Å². The van der Waals surface area contributed by atoms with Gasteiger partial charge in [0.2, 0.25) is 5.16 Å². The molecule has 0 unspecified atom stereocenters. The van der Waals surface area contributed by atoms with Crippen LogP contribution in [0.2, 0.25) is 0 Å². The quantitative estimate of drug-likeness (QED) is 0.0101. The van der Waals surface area contributed by atoms with Gasteiger partial charge in [0.15, 0.2) is 54.7 Å². The molecule has 0 spiro atoms. The van der Waals surface area contributed by atoms with E-state index >= 15 is 0 Å². The van der Waals surface area contributed by atoms with Crippen molar-refractivity contribution in [1.82, 2.24) is 30.4 Å². The molecule has 8 rings (SSSR count).